The van der Waals surface area contributed by atoms with E-state index >= 15 is 0 Å². The summed E-state index contributed by atoms with van der Waals surface area (Å²) in [5.41, 5.74) is 3.02. The molecule has 3 aromatic carbocycles. The quantitative estimate of drug-likeness (QED) is 0.377. The Balaban J connectivity index is 1.05. The average molecular weight is 501 g/mol. The van der Waals surface area contributed by atoms with Crippen molar-refractivity contribution in [1.29, 1.82) is 0 Å². The van der Waals surface area contributed by atoms with Crippen LogP contribution in [-0.2, 0) is 4.79 Å². The molecule has 1 saturated heterocycles. The Bertz CT molecular complexity index is 1280. The van der Waals surface area contributed by atoms with E-state index in [4.69, 9.17) is 4.74 Å². The second kappa shape index (κ2) is 11.3. The van der Waals surface area contributed by atoms with Crippen molar-refractivity contribution in [2.24, 2.45) is 0 Å². The Morgan fingerprint density at radius 3 is 2.46 bits per heavy atom. The lowest BCUT2D eigenvalue weighted by Gasteiger charge is -2.36. The van der Waals surface area contributed by atoms with E-state index in [2.05, 4.69) is 20.4 Å². The van der Waals surface area contributed by atoms with E-state index in [1.165, 1.54) is 12.1 Å². The van der Waals surface area contributed by atoms with Crippen LogP contribution in [0.15, 0.2) is 78.6 Å². The summed E-state index contributed by atoms with van der Waals surface area (Å²) in [4.78, 5) is 29.5. The molecule has 190 valence electrons. The number of halogens is 1. The minimum atomic E-state index is -0.308. The highest BCUT2D eigenvalue weighted by molar-refractivity contribution is 6.08. The number of anilines is 2. The number of rotatable bonds is 7. The largest absolute Gasteiger partial charge is 0.449 e. The standard InChI is InChI=1S/C29H29FN4O3/c30-23-10-12-24(13-11-23)34-18-16-33(17-19-34)15-3-14-31-28(35)22-8-6-21(7-9-22)20-27-29(36)32-25-4-1-2-5-26(25)37-27/h1-2,4-13,20H,3,14-19H2,(H,31,35)(H,32,36). The number of hydrogen-bond donors (Lipinski definition) is 2. The predicted octanol–water partition coefficient (Wildman–Crippen LogP) is 4.14. The number of nitrogens with zero attached hydrogens (tertiary/aromatic N) is 2. The van der Waals surface area contributed by atoms with Crippen LogP contribution in [0.1, 0.15) is 22.3 Å². The van der Waals surface area contributed by atoms with Crippen LogP contribution in [-0.4, -0.2) is 56.0 Å². The molecule has 8 heteroatoms. The van der Waals surface area contributed by atoms with Gasteiger partial charge in [-0.3, -0.25) is 14.5 Å². The number of nitrogens with one attached hydrogen (secondary N) is 2. The van der Waals surface area contributed by atoms with Gasteiger partial charge in [0, 0.05) is 44.0 Å². The molecule has 2 N–H and O–H groups in total. The SMILES string of the molecule is O=C1Nc2ccccc2OC1=Cc1ccc(C(=O)NCCCN2CCN(c3ccc(F)cc3)CC2)cc1. The van der Waals surface area contributed by atoms with E-state index in [0.717, 1.165) is 50.4 Å². The summed E-state index contributed by atoms with van der Waals surface area (Å²) >= 11 is 0. The number of benzene rings is 3. The molecule has 0 atom stereocenters. The van der Waals surface area contributed by atoms with Gasteiger partial charge in [0.05, 0.1) is 5.69 Å². The third kappa shape index (κ3) is 6.16. The first-order valence-corrected chi connectivity index (χ1v) is 12.5. The third-order valence-corrected chi connectivity index (χ3v) is 6.55. The number of para-hydroxylation sites is 2. The first kappa shape index (κ1) is 24.5. The third-order valence-electron chi connectivity index (χ3n) is 6.55. The maximum atomic E-state index is 13.1. The predicted molar refractivity (Wildman–Crippen MR) is 142 cm³/mol. The number of hydrogen-bond acceptors (Lipinski definition) is 5. The summed E-state index contributed by atoms with van der Waals surface area (Å²) in [5.74, 6) is 0.152. The molecule has 0 spiro atoms. The molecule has 0 bridgehead atoms. The molecule has 2 heterocycles. The zero-order valence-electron chi connectivity index (χ0n) is 20.5. The number of carbonyl (C=O) groups excluding carboxylic acids is 2. The van der Waals surface area contributed by atoms with Gasteiger partial charge in [-0.05, 0) is 73.1 Å². The van der Waals surface area contributed by atoms with Crippen molar-refractivity contribution in [1.82, 2.24) is 10.2 Å². The van der Waals surface area contributed by atoms with Crippen molar-refractivity contribution in [3.8, 4) is 5.75 Å². The molecule has 0 aliphatic carbocycles. The summed E-state index contributed by atoms with van der Waals surface area (Å²) in [7, 11) is 0. The lowest BCUT2D eigenvalue weighted by Crippen LogP contribution is -2.47. The molecule has 2 amide bonds. The summed E-state index contributed by atoms with van der Waals surface area (Å²) in [5, 5.41) is 5.79. The minimum Gasteiger partial charge on any atom is -0.449 e. The van der Waals surface area contributed by atoms with Crippen molar-refractivity contribution in [2.45, 2.75) is 6.42 Å². The van der Waals surface area contributed by atoms with E-state index < -0.39 is 0 Å². The van der Waals surface area contributed by atoms with Crippen molar-refractivity contribution in [3.63, 3.8) is 0 Å². The molecule has 5 rings (SSSR count). The van der Waals surface area contributed by atoms with Crippen LogP contribution in [0.25, 0.3) is 6.08 Å². The van der Waals surface area contributed by atoms with Crippen LogP contribution >= 0.6 is 0 Å². The van der Waals surface area contributed by atoms with Crippen LogP contribution < -0.4 is 20.3 Å². The fourth-order valence-corrected chi connectivity index (χ4v) is 4.47. The van der Waals surface area contributed by atoms with Gasteiger partial charge in [0.25, 0.3) is 11.8 Å². The Morgan fingerprint density at radius 2 is 1.70 bits per heavy atom. The van der Waals surface area contributed by atoms with Gasteiger partial charge in [0.2, 0.25) is 0 Å². The molecule has 0 unspecified atom stereocenters. The molecule has 1 fully saturated rings. The molecular formula is C29H29FN4O3. The van der Waals surface area contributed by atoms with Crippen LogP contribution in [0.4, 0.5) is 15.8 Å². The van der Waals surface area contributed by atoms with E-state index in [1.807, 2.05) is 24.3 Å². The summed E-state index contributed by atoms with van der Waals surface area (Å²) < 4.78 is 18.9. The zero-order chi connectivity index (χ0) is 25.6. The van der Waals surface area contributed by atoms with Crippen molar-refractivity contribution >= 4 is 29.3 Å². The van der Waals surface area contributed by atoms with Crippen LogP contribution in [0, 0.1) is 5.82 Å². The Morgan fingerprint density at radius 1 is 0.973 bits per heavy atom. The average Bonchev–Trinajstić information content (AvgIpc) is 2.93. The lowest BCUT2D eigenvalue weighted by atomic mass is 10.1. The number of amides is 2. The highest BCUT2D eigenvalue weighted by Crippen LogP contribution is 2.30. The van der Waals surface area contributed by atoms with Crippen molar-refractivity contribution < 1.29 is 18.7 Å². The molecule has 2 aliphatic heterocycles. The molecule has 0 radical (unpaired) electrons. The number of fused-ring (bicyclic) bond motifs is 1. The minimum absolute atomic E-state index is 0.124. The fourth-order valence-electron chi connectivity index (χ4n) is 4.47. The van der Waals surface area contributed by atoms with E-state index in [1.54, 1.807) is 42.5 Å². The second-order valence-electron chi connectivity index (χ2n) is 9.10. The normalized spacial score (nSPS) is 16.6. The summed E-state index contributed by atoms with van der Waals surface area (Å²) in [6, 6.07) is 21.0. The van der Waals surface area contributed by atoms with Gasteiger partial charge in [-0.2, -0.15) is 0 Å². The Kier molecular flexibility index (Phi) is 7.46. The zero-order valence-corrected chi connectivity index (χ0v) is 20.5. The van der Waals surface area contributed by atoms with Crippen molar-refractivity contribution in [3.05, 3.63) is 95.5 Å². The van der Waals surface area contributed by atoms with E-state index in [0.29, 0.717) is 23.5 Å². The molecule has 2 aliphatic rings. The maximum absolute atomic E-state index is 13.1. The summed E-state index contributed by atoms with van der Waals surface area (Å²) in [6.07, 6.45) is 2.52. The molecule has 7 nitrogen and oxygen atoms in total. The highest BCUT2D eigenvalue weighted by atomic mass is 19.1. The van der Waals surface area contributed by atoms with Crippen LogP contribution in [0.5, 0.6) is 5.75 Å². The van der Waals surface area contributed by atoms with Gasteiger partial charge >= 0.3 is 0 Å². The topological polar surface area (TPSA) is 73.9 Å². The smallest absolute Gasteiger partial charge is 0.291 e. The first-order chi connectivity index (χ1) is 18.0. The maximum Gasteiger partial charge on any atom is 0.291 e. The number of carbonyl (C=O) groups is 2. The molecular weight excluding hydrogens is 471 g/mol. The molecule has 0 saturated carbocycles. The fraction of sp³-hybridized carbons (Fsp3) is 0.241. The lowest BCUT2D eigenvalue weighted by molar-refractivity contribution is -0.115. The monoisotopic (exact) mass is 500 g/mol. The van der Waals surface area contributed by atoms with Gasteiger partial charge in [0.1, 0.15) is 5.82 Å². The first-order valence-electron chi connectivity index (χ1n) is 12.5. The van der Waals surface area contributed by atoms with Gasteiger partial charge in [-0.15, -0.1) is 0 Å². The summed E-state index contributed by atoms with van der Waals surface area (Å²) in [6.45, 7) is 5.19. The molecule has 0 aromatic heterocycles. The number of ether oxygens (including phenoxy) is 1. The molecule has 3 aromatic rings. The van der Waals surface area contributed by atoms with E-state index in [-0.39, 0.29) is 23.4 Å². The highest BCUT2D eigenvalue weighted by Gasteiger charge is 2.21. The van der Waals surface area contributed by atoms with Gasteiger partial charge in [0.15, 0.2) is 11.5 Å². The van der Waals surface area contributed by atoms with Gasteiger partial charge in [-0.1, -0.05) is 24.3 Å². The van der Waals surface area contributed by atoms with Crippen molar-refractivity contribution in [2.75, 3.05) is 49.5 Å². The molecule has 37 heavy (non-hydrogen) atoms. The van der Waals surface area contributed by atoms with Crippen LogP contribution in [0.2, 0.25) is 0 Å². The second-order valence-corrected chi connectivity index (χ2v) is 9.10. The van der Waals surface area contributed by atoms with Gasteiger partial charge in [-0.25, -0.2) is 4.39 Å². The number of piperazine rings is 1. The van der Waals surface area contributed by atoms with Crippen LogP contribution in [0.3, 0.4) is 0 Å². The Labute approximate surface area is 215 Å². The van der Waals surface area contributed by atoms with Gasteiger partial charge < -0.3 is 20.3 Å². The Hall–Kier alpha value is -4.17. The van der Waals surface area contributed by atoms with E-state index in [9.17, 15) is 14.0 Å².